The van der Waals surface area contributed by atoms with Crippen LogP contribution >= 0.6 is 12.2 Å². The first-order valence-electron chi connectivity index (χ1n) is 4.03. The lowest BCUT2D eigenvalue weighted by Crippen LogP contribution is -2.41. The van der Waals surface area contributed by atoms with Gasteiger partial charge in [0.15, 0.2) is 0 Å². The third-order valence-electron chi connectivity index (χ3n) is 1.47. The van der Waals surface area contributed by atoms with Gasteiger partial charge in [0.25, 0.3) is 0 Å². The average molecular weight is 172 g/mol. The van der Waals surface area contributed by atoms with Gasteiger partial charge in [-0.05, 0) is 26.7 Å². The Morgan fingerprint density at radius 1 is 1.36 bits per heavy atom. The first-order chi connectivity index (χ1) is 4.88. The van der Waals surface area contributed by atoms with Crippen molar-refractivity contribution in [1.29, 1.82) is 0 Å². The summed E-state index contributed by atoms with van der Waals surface area (Å²) in [6, 6.07) is 0. The highest BCUT2D eigenvalue weighted by Crippen LogP contribution is 2.12. The van der Waals surface area contributed by atoms with Crippen molar-refractivity contribution in [1.82, 2.24) is 4.90 Å². The maximum atomic E-state index is 4.82. The Morgan fingerprint density at radius 3 is 1.91 bits per heavy atom. The predicted octanol–water partition coefficient (Wildman–Crippen LogP) is 2.58. The second kappa shape index (κ2) is 4.05. The van der Waals surface area contributed by atoms with Crippen molar-refractivity contribution < 1.29 is 0 Å². The van der Waals surface area contributed by atoms with E-state index < -0.39 is 0 Å². The zero-order valence-corrected chi connectivity index (χ0v) is 8.96. The summed E-state index contributed by atoms with van der Waals surface area (Å²) in [5, 5.41) is 0. The highest BCUT2D eigenvalue weighted by atomic mass is 32.1. The molecule has 0 unspecified atom stereocenters. The van der Waals surface area contributed by atoms with Crippen molar-refractivity contribution in [2.45, 2.75) is 40.2 Å². The smallest absolute Gasteiger partial charge is 0.137 e. The van der Waals surface area contributed by atoms with Crippen LogP contribution in [0, 0.1) is 5.92 Å². The summed E-state index contributed by atoms with van der Waals surface area (Å²) in [5.41, 5.74) is 2.91. The van der Waals surface area contributed by atoms with Gasteiger partial charge in [-0.3, -0.25) is 0 Å². The summed E-state index contributed by atoms with van der Waals surface area (Å²) in [4.78, 5) is 2.08. The summed E-state index contributed by atoms with van der Waals surface area (Å²) < 4.78 is 0. The molecule has 0 N–H and O–H groups in total. The molecular formula is C9H18NS. The van der Waals surface area contributed by atoms with Crippen molar-refractivity contribution >= 4 is 17.7 Å². The maximum Gasteiger partial charge on any atom is 0.137 e. The summed E-state index contributed by atoms with van der Waals surface area (Å²) in [6.07, 6.45) is 0. The van der Waals surface area contributed by atoms with E-state index >= 15 is 0 Å². The maximum absolute atomic E-state index is 4.82. The minimum atomic E-state index is 0.117. The lowest BCUT2D eigenvalue weighted by atomic mass is 10.1. The molecule has 0 saturated heterocycles. The van der Waals surface area contributed by atoms with Crippen LogP contribution in [0.15, 0.2) is 0 Å². The van der Waals surface area contributed by atoms with Crippen LogP contribution in [0.4, 0.5) is 0 Å². The number of thiocarbonyl (C=S) groups is 1. The van der Waals surface area contributed by atoms with E-state index in [0.29, 0.717) is 5.92 Å². The van der Waals surface area contributed by atoms with Gasteiger partial charge in [0.05, 0.1) is 0 Å². The van der Waals surface area contributed by atoms with E-state index in [1.54, 1.807) is 0 Å². The van der Waals surface area contributed by atoms with E-state index in [4.69, 9.17) is 12.2 Å². The molecule has 1 nitrogen and oxygen atoms in total. The van der Waals surface area contributed by atoms with Gasteiger partial charge >= 0.3 is 0 Å². The Hall–Kier alpha value is -0.110. The molecule has 0 aromatic heterocycles. The van der Waals surface area contributed by atoms with Gasteiger partial charge in [0, 0.05) is 12.1 Å². The molecule has 0 aliphatic rings. The molecule has 0 aromatic carbocycles. The summed E-state index contributed by atoms with van der Waals surface area (Å²) in [5.74, 6) is 0.643. The van der Waals surface area contributed by atoms with Gasteiger partial charge in [-0.15, -0.1) is 0 Å². The van der Waals surface area contributed by atoms with E-state index in [2.05, 4.69) is 45.0 Å². The van der Waals surface area contributed by atoms with Crippen LogP contribution in [0.1, 0.15) is 34.6 Å². The van der Waals surface area contributed by atoms with Crippen LogP contribution in [-0.4, -0.2) is 22.5 Å². The van der Waals surface area contributed by atoms with E-state index in [-0.39, 0.29) is 5.54 Å². The monoisotopic (exact) mass is 172 g/mol. The predicted molar refractivity (Wildman–Crippen MR) is 53.9 cm³/mol. The fourth-order valence-electron chi connectivity index (χ4n) is 0.813. The van der Waals surface area contributed by atoms with Gasteiger partial charge in [-0.1, -0.05) is 26.1 Å². The van der Waals surface area contributed by atoms with Gasteiger partial charge in [-0.25, -0.2) is 0 Å². The van der Waals surface area contributed by atoms with Gasteiger partial charge in [0.2, 0.25) is 0 Å². The molecule has 0 rings (SSSR count). The quantitative estimate of drug-likeness (QED) is 0.475. The van der Waals surface area contributed by atoms with E-state index in [1.165, 1.54) is 0 Å². The van der Waals surface area contributed by atoms with Crippen LogP contribution in [-0.2, 0) is 0 Å². The Kier molecular flexibility index (Phi) is 4.01. The molecule has 0 fully saturated rings. The molecule has 65 valence electrons. The lowest BCUT2D eigenvalue weighted by Gasteiger charge is -2.34. The van der Waals surface area contributed by atoms with Crippen LogP contribution in [0.3, 0.4) is 0 Å². The molecule has 0 atom stereocenters. The van der Waals surface area contributed by atoms with Crippen LogP contribution in [0.2, 0.25) is 0 Å². The van der Waals surface area contributed by atoms with Crippen molar-refractivity contribution in [2.75, 3.05) is 6.54 Å². The minimum Gasteiger partial charge on any atom is -0.355 e. The molecule has 0 aliphatic heterocycles. The zero-order valence-electron chi connectivity index (χ0n) is 8.14. The Balaban J connectivity index is 4.07. The summed E-state index contributed by atoms with van der Waals surface area (Å²) in [6.45, 7) is 11.8. The van der Waals surface area contributed by atoms with Crippen LogP contribution in [0.5, 0.6) is 0 Å². The topological polar surface area (TPSA) is 3.24 Å². The SMILES string of the molecule is CC(C)CN([C]=S)C(C)(C)C. The van der Waals surface area contributed by atoms with Crippen LogP contribution < -0.4 is 0 Å². The second-order valence-corrected chi connectivity index (χ2v) is 4.45. The molecule has 0 aliphatic carbocycles. The molecule has 0 heterocycles. The Bertz CT molecular complexity index is 124. The second-order valence-electron chi connectivity index (χ2n) is 4.27. The molecule has 0 bridgehead atoms. The van der Waals surface area contributed by atoms with Crippen molar-refractivity contribution in [3.63, 3.8) is 0 Å². The van der Waals surface area contributed by atoms with Crippen LogP contribution in [0.25, 0.3) is 0 Å². The van der Waals surface area contributed by atoms with Gasteiger partial charge in [0.1, 0.15) is 5.49 Å². The summed E-state index contributed by atoms with van der Waals surface area (Å²) in [7, 11) is 0. The number of nitrogens with zero attached hydrogens (tertiary/aromatic N) is 1. The molecule has 0 saturated carbocycles. The minimum absolute atomic E-state index is 0.117. The molecule has 2 heteroatoms. The molecule has 1 radical (unpaired) electrons. The third kappa shape index (κ3) is 4.35. The number of hydrogen-bond acceptors (Lipinski definition) is 1. The fourth-order valence-corrected chi connectivity index (χ4v) is 1.16. The van der Waals surface area contributed by atoms with E-state index in [0.717, 1.165) is 6.54 Å². The van der Waals surface area contributed by atoms with E-state index in [9.17, 15) is 0 Å². The van der Waals surface area contributed by atoms with E-state index in [1.807, 2.05) is 0 Å². The van der Waals surface area contributed by atoms with Crippen molar-refractivity contribution in [3.05, 3.63) is 0 Å². The first kappa shape index (κ1) is 10.9. The Morgan fingerprint density at radius 2 is 1.82 bits per heavy atom. The highest BCUT2D eigenvalue weighted by Gasteiger charge is 2.18. The molecule has 0 amide bonds. The standard InChI is InChI=1S/C9H18NS/c1-8(2)6-10(7-11)9(3,4)5/h8H,6H2,1-5H3. The largest absolute Gasteiger partial charge is 0.355 e. The highest BCUT2D eigenvalue weighted by molar-refractivity contribution is 7.78. The lowest BCUT2D eigenvalue weighted by molar-refractivity contribution is 0.225. The average Bonchev–Trinajstić information content (AvgIpc) is 1.79. The third-order valence-corrected chi connectivity index (χ3v) is 1.69. The van der Waals surface area contributed by atoms with Crippen molar-refractivity contribution in [3.8, 4) is 0 Å². The molecule has 0 aromatic rings. The van der Waals surface area contributed by atoms with Gasteiger partial charge < -0.3 is 4.90 Å². The number of hydrogen-bond donors (Lipinski definition) is 0. The Labute approximate surface area is 75.8 Å². The summed E-state index contributed by atoms with van der Waals surface area (Å²) >= 11 is 4.82. The van der Waals surface area contributed by atoms with Crippen molar-refractivity contribution in [2.24, 2.45) is 5.92 Å². The normalized spacial score (nSPS) is 11.8. The fraction of sp³-hybridized carbons (Fsp3) is 0.889. The first-order valence-corrected chi connectivity index (χ1v) is 4.44. The zero-order chi connectivity index (χ0) is 9.07. The molecule has 0 spiro atoms. The molecule has 11 heavy (non-hydrogen) atoms. The van der Waals surface area contributed by atoms with Gasteiger partial charge in [-0.2, -0.15) is 0 Å². The number of rotatable bonds is 3. The molecular weight excluding hydrogens is 154 g/mol.